The van der Waals surface area contributed by atoms with Gasteiger partial charge in [-0.2, -0.15) is 0 Å². The summed E-state index contributed by atoms with van der Waals surface area (Å²) in [6.45, 7) is 3.53. The maximum Gasteiger partial charge on any atom is 0.231 e. The van der Waals surface area contributed by atoms with Gasteiger partial charge < -0.3 is 19.4 Å². The van der Waals surface area contributed by atoms with Gasteiger partial charge in [0.05, 0.1) is 0 Å². The zero-order valence-electron chi connectivity index (χ0n) is 18.4. The van der Waals surface area contributed by atoms with E-state index < -0.39 is 0 Å². The molecule has 0 aliphatic carbocycles. The van der Waals surface area contributed by atoms with Crippen molar-refractivity contribution in [3.05, 3.63) is 95.4 Å². The number of aryl methyl sites for hydroxylation is 1. The molecule has 5 rings (SSSR count). The van der Waals surface area contributed by atoms with Gasteiger partial charge >= 0.3 is 0 Å². The third-order valence-electron chi connectivity index (χ3n) is 6.12. The van der Waals surface area contributed by atoms with Crippen LogP contribution in [0.1, 0.15) is 36.0 Å². The molecule has 0 radical (unpaired) electrons. The summed E-state index contributed by atoms with van der Waals surface area (Å²) >= 11 is 0. The van der Waals surface area contributed by atoms with Gasteiger partial charge in [0.1, 0.15) is 5.82 Å². The molecule has 1 atom stereocenters. The first-order valence-corrected chi connectivity index (χ1v) is 11.1. The molecule has 1 aliphatic heterocycles. The van der Waals surface area contributed by atoms with Crippen molar-refractivity contribution in [2.45, 2.75) is 32.4 Å². The Morgan fingerprint density at radius 1 is 1.06 bits per heavy atom. The monoisotopic (exact) mass is 444 g/mol. The zero-order chi connectivity index (χ0) is 22.8. The molecule has 4 aromatic rings. The predicted molar refractivity (Wildman–Crippen MR) is 125 cm³/mol. The number of fused-ring (bicyclic) bond motifs is 2. The van der Waals surface area contributed by atoms with Crippen molar-refractivity contribution in [2.24, 2.45) is 0 Å². The van der Waals surface area contributed by atoms with Gasteiger partial charge in [-0.1, -0.05) is 36.4 Å². The second kappa shape index (κ2) is 8.98. The Balaban J connectivity index is 1.41. The summed E-state index contributed by atoms with van der Waals surface area (Å²) in [6.07, 6.45) is 2.37. The van der Waals surface area contributed by atoms with Crippen LogP contribution in [0.5, 0.6) is 11.5 Å². The van der Waals surface area contributed by atoms with Crippen LogP contribution in [0.25, 0.3) is 10.9 Å². The minimum Gasteiger partial charge on any atom is -0.454 e. The van der Waals surface area contributed by atoms with Gasteiger partial charge in [-0.3, -0.25) is 4.79 Å². The molecule has 1 aliphatic rings. The minimum absolute atomic E-state index is 0.0738. The molecule has 0 saturated carbocycles. The van der Waals surface area contributed by atoms with E-state index in [0.717, 1.165) is 34.1 Å². The highest BCUT2D eigenvalue weighted by Crippen LogP contribution is 2.35. The molecular formula is C27H25FN2O3. The first-order valence-electron chi connectivity index (χ1n) is 11.1. The SMILES string of the molecule is CCn1cc(C(CC(=O)NCc2ccc3c(c2)OCO3)c2ccc(F)cc2)c2ccccc21. The highest BCUT2D eigenvalue weighted by Gasteiger charge is 2.23. The van der Waals surface area contributed by atoms with E-state index in [1.807, 2.05) is 30.3 Å². The summed E-state index contributed by atoms with van der Waals surface area (Å²) in [5.41, 5.74) is 4.04. The topological polar surface area (TPSA) is 52.5 Å². The predicted octanol–water partition coefficient (Wildman–Crippen LogP) is 5.37. The fourth-order valence-electron chi connectivity index (χ4n) is 4.43. The van der Waals surface area contributed by atoms with E-state index in [9.17, 15) is 9.18 Å². The largest absolute Gasteiger partial charge is 0.454 e. The lowest BCUT2D eigenvalue weighted by Crippen LogP contribution is -2.25. The summed E-state index contributed by atoms with van der Waals surface area (Å²) in [6, 6.07) is 20.3. The fraction of sp³-hybridized carbons (Fsp3) is 0.222. The lowest BCUT2D eigenvalue weighted by molar-refractivity contribution is -0.121. The van der Waals surface area contributed by atoms with E-state index in [2.05, 4.69) is 35.1 Å². The van der Waals surface area contributed by atoms with Crippen LogP contribution >= 0.6 is 0 Å². The zero-order valence-corrected chi connectivity index (χ0v) is 18.4. The molecule has 33 heavy (non-hydrogen) atoms. The van der Waals surface area contributed by atoms with Gasteiger partial charge in [0.25, 0.3) is 0 Å². The maximum absolute atomic E-state index is 13.6. The van der Waals surface area contributed by atoms with Gasteiger partial charge in [0.2, 0.25) is 12.7 Å². The maximum atomic E-state index is 13.6. The summed E-state index contributed by atoms with van der Waals surface area (Å²) in [7, 11) is 0. The van der Waals surface area contributed by atoms with Crippen LogP contribution in [-0.4, -0.2) is 17.3 Å². The van der Waals surface area contributed by atoms with Crippen molar-refractivity contribution in [1.82, 2.24) is 9.88 Å². The molecule has 168 valence electrons. The number of rotatable bonds is 7. The summed E-state index contributed by atoms with van der Waals surface area (Å²) < 4.78 is 26.6. The smallest absolute Gasteiger partial charge is 0.231 e. The number of nitrogens with one attached hydrogen (secondary N) is 1. The number of carbonyl (C=O) groups is 1. The number of carbonyl (C=O) groups excluding carboxylic acids is 1. The number of nitrogens with zero attached hydrogens (tertiary/aromatic N) is 1. The Kier molecular flexibility index (Phi) is 5.73. The van der Waals surface area contributed by atoms with E-state index in [1.54, 1.807) is 12.1 Å². The van der Waals surface area contributed by atoms with Crippen LogP contribution in [0.2, 0.25) is 0 Å². The normalized spacial score (nSPS) is 13.3. The highest BCUT2D eigenvalue weighted by molar-refractivity contribution is 5.86. The number of hydrogen-bond acceptors (Lipinski definition) is 3. The highest BCUT2D eigenvalue weighted by atomic mass is 19.1. The third kappa shape index (κ3) is 4.29. The molecule has 0 spiro atoms. The molecular weight excluding hydrogens is 419 g/mol. The van der Waals surface area contributed by atoms with Crippen LogP contribution in [0.4, 0.5) is 4.39 Å². The number of ether oxygens (including phenoxy) is 2. The van der Waals surface area contributed by atoms with E-state index in [-0.39, 0.29) is 30.9 Å². The van der Waals surface area contributed by atoms with Crippen LogP contribution in [0.3, 0.4) is 0 Å². The Labute approximate surface area is 191 Å². The first-order chi connectivity index (χ1) is 16.1. The number of hydrogen-bond donors (Lipinski definition) is 1. The summed E-state index contributed by atoms with van der Waals surface area (Å²) in [4.78, 5) is 13.0. The minimum atomic E-state index is -0.291. The molecule has 1 N–H and O–H groups in total. The van der Waals surface area contributed by atoms with Crippen LogP contribution in [0, 0.1) is 5.82 Å². The van der Waals surface area contributed by atoms with E-state index in [4.69, 9.17) is 9.47 Å². The second-order valence-corrected chi connectivity index (χ2v) is 8.16. The average Bonchev–Trinajstić information content (AvgIpc) is 3.46. The summed E-state index contributed by atoms with van der Waals surface area (Å²) in [5, 5.41) is 4.13. The molecule has 1 unspecified atom stereocenters. The van der Waals surface area contributed by atoms with Gasteiger partial charge in [0.15, 0.2) is 11.5 Å². The Morgan fingerprint density at radius 3 is 2.67 bits per heavy atom. The Morgan fingerprint density at radius 2 is 1.85 bits per heavy atom. The molecule has 0 fully saturated rings. The van der Waals surface area contributed by atoms with Crippen molar-refractivity contribution in [3.63, 3.8) is 0 Å². The lowest BCUT2D eigenvalue weighted by atomic mass is 9.88. The van der Waals surface area contributed by atoms with Crippen molar-refractivity contribution in [1.29, 1.82) is 0 Å². The Hall–Kier alpha value is -3.80. The average molecular weight is 445 g/mol. The van der Waals surface area contributed by atoms with Crippen molar-refractivity contribution in [3.8, 4) is 11.5 Å². The number of para-hydroxylation sites is 1. The molecule has 5 nitrogen and oxygen atoms in total. The van der Waals surface area contributed by atoms with Crippen molar-refractivity contribution in [2.75, 3.05) is 6.79 Å². The third-order valence-corrected chi connectivity index (χ3v) is 6.12. The van der Waals surface area contributed by atoms with Gasteiger partial charge in [0, 0.05) is 42.5 Å². The molecule has 2 heterocycles. The van der Waals surface area contributed by atoms with E-state index in [1.165, 1.54) is 12.1 Å². The van der Waals surface area contributed by atoms with Crippen LogP contribution in [0.15, 0.2) is 72.9 Å². The molecule has 3 aromatic carbocycles. The van der Waals surface area contributed by atoms with E-state index >= 15 is 0 Å². The standard InChI is InChI=1S/C27H25FN2O3/c1-2-30-16-23(21-5-3-4-6-24(21)30)22(19-8-10-20(28)11-9-19)14-27(31)29-15-18-7-12-25-26(13-18)33-17-32-25/h3-13,16,22H,2,14-15,17H2,1H3,(H,29,31). The van der Waals surface area contributed by atoms with Crippen molar-refractivity contribution < 1.29 is 18.7 Å². The molecule has 0 saturated heterocycles. The number of benzene rings is 3. The quantitative estimate of drug-likeness (QED) is 0.417. The summed E-state index contributed by atoms with van der Waals surface area (Å²) in [5.74, 6) is 0.850. The first kappa shape index (κ1) is 21.1. The number of halogens is 1. The number of aromatic nitrogens is 1. The molecule has 1 amide bonds. The Bertz CT molecular complexity index is 1300. The molecule has 6 heteroatoms. The van der Waals surface area contributed by atoms with E-state index in [0.29, 0.717) is 18.0 Å². The lowest BCUT2D eigenvalue weighted by Gasteiger charge is -2.17. The van der Waals surface area contributed by atoms with Crippen LogP contribution < -0.4 is 14.8 Å². The van der Waals surface area contributed by atoms with Crippen LogP contribution in [-0.2, 0) is 17.9 Å². The van der Waals surface area contributed by atoms with Gasteiger partial charge in [-0.25, -0.2) is 4.39 Å². The molecule has 0 bridgehead atoms. The molecule has 1 aromatic heterocycles. The number of amides is 1. The second-order valence-electron chi connectivity index (χ2n) is 8.16. The fourth-order valence-corrected chi connectivity index (χ4v) is 4.43. The van der Waals surface area contributed by atoms with Crippen molar-refractivity contribution >= 4 is 16.8 Å². The van der Waals surface area contributed by atoms with Gasteiger partial charge in [-0.15, -0.1) is 0 Å². The van der Waals surface area contributed by atoms with Gasteiger partial charge in [-0.05, 0) is 53.9 Å².